The number of hydrogen-bond acceptors (Lipinski definition) is 2. The van der Waals surface area contributed by atoms with Gasteiger partial charge in [-0.15, -0.1) is 13.2 Å². The molecule has 4 nitrogen and oxygen atoms in total. The molecular weight excluding hydrogens is 134 g/mol. The fraction of sp³-hybridized carbons (Fsp3) is 0. The second-order valence-corrected chi connectivity index (χ2v) is 1.07. The fourth-order valence-corrected chi connectivity index (χ4v) is 0.153. The maximum atomic E-state index is 9.78. The van der Waals surface area contributed by atoms with Crippen molar-refractivity contribution in [3.63, 3.8) is 0 Å². The van der Waals surface area contributed by atoms with E-state index in [1.165, 1.54) is 0 Å². The average molecular weight is 143 g/mol. The summed E-state index contributed by atoms with van der Waals surface area (Å²) in [4.78, 5) is 19.4. The molecule has 0 heterocycles. The molecular formula is C6H9NO3. The number of carbonyl (C=O) groups is 2. The summed E-state index contributed by atoms with van der Waals surface area (Å²) in [7, 11) is 0. The molecule has 0 saturated carbocycles. The van der Waals surface area contributed by atoms with Crippen LogP contribution in [0.4, 0.5) is 0 Å². The Bertz CT molecular complexity index is 135. The first-order valence-corrected chi connectivity index (χ1v) is 2.33. The molecule has 0 fully saturated rings. The van der Waals surface area contributed by atoms with Gasteiger partial charge in [0, 0.05) is 12.2 Å². The van der Waals surface area contributed by atoms with Crippen LogP contribution in [-0.4, -0.2) is 17.0 Å². The van der Waals surface area contributed by atoms with E-state index in [0.29, 0.717) is 6.08 Å². The highest BCUT2D eigenvalue weighted by molar-refractivity contribution is 5.92. The zero-order chi connectivity index (χ0) is 8.57. The minimum Gasteiger partial charge on any atom is -0.478 e. The van der Waals surface area contributed by atoms with E-state index in [0.717, 1.165) is 6.08 Å². The van der Waals surface area contributed by atoms with Crippen LogP contribution < -0.4 is 5.73 Å². The summed E-state index contributed by atoms with van der Waals surface area (Å²) in [5, 5.41) is 7.87. The summed E-state index contributed by atoms with van der Waals surface area (Å²) in [5.41, 5.74) is 4.55. The highest BCUT2D eigenvalue weighted by Gasteiger charge is 1.86. The zero-order valence-corrected chi connectivity index (χ0v) is 5.41. The number of primary amides is 1. The molecule has 1 amide bonds. The summed E-state index contributed by atoms with van der Waals surface area (Å²) >= 11 is 0. The van der Waals surface area contributed by atoms with Gasteiger partial charge in [0.25, 0.3) is 0 Å². The molecule has 0 aliphatic rings. The lowest BCUT2D eigenvalue weighted by molar-refractivity contribution is -0.131. The summed E-state index contributed by atoms with van der Waals surface area (Å²) < 4.78 is 0. The van der Waals surface area contributed by atoms with Gasteiger partial charge in [-0.3, -0.25) is 4.79 Å². The second kappa shape index (κ2) is 7.42. The molecule has 0 bridgehead atoms. The number of hydrogen-bond donors (Lipinski definition) is 2. The van der Waals surface area contributed by atoms with Gasteiger partial charge in [0.15, 0.2) is 0 Å². The normalized spacial score (nSPS) is 8.00. The van der Waals surface area contributed by atoms with Gasteiger partial charge in [-0.25, -0.2) is 4.79 Å². The molecule has 0 aliphatic carbocycles. The van der Waals surface area contributed by atoms with E-state index < -0.39 is 11.9 Å². The Labute approximate surface area is 58.6 Å². The van der Waals surface area contributed by atoms with Crippen LogP contribution in [0, 0.1) is 0 Å². The molecule has 56 valence electrons. The van der Waals surface area contributed by atoms with Gasteiger partial charge in [-0.2, -0.15) is 0 Å². The predicted molar refractivity (Wildman–Crippen MR) is 37.2 cm³/mol. The quantitative estimate of drug-likeness (QED) is 0.419. The number of rotatable bonds is 2. The highest BCUT2D eigenvalue weighted by atomic mass is 16.4. The van der Waals surface area contributed by atoms with E-state index in [4.69, 9.17) is 5.11 Å². The van der Waals surface area contributed by atoms with Crippen molar-refractivity contribution >= 4 is 11.9 Å². The zero-order valence-electron chi connectivity index (χ0n) is 5.41. The molecule has 0 atom stereocenters. The van der Waals surface area contributed by atoms with Gasteiger partial charge in [0.2, 0.25) is 5.91 Å². The third-order valence-corrected chi connectivity index (χ3v) is 0.390. The molecule has 0 aliphatic heterocycles. The van der Waals surface area contributed by atoms with Crippen LogP contribution in [0.25, 0.3) is 0 Å². The average Bonchev–Trinajstić information content (AvgIpc) is 1.89. The Morgan fingerprint density at radius 1 is 1.30 bits per heavy atom. The number of aliphatic carboxylic acids is 1. The molecule has 0 rings (SSSR count). The van der Waals surface area contributed by atoms with Crippen molar-refractivity contribution in [3.8, 4) is 0 Å². The number of amides is 1. The van der Waals surface area contributed by atoms with E-state index in [1.54, 1.807) is 0 Å². The van der Waals surface area contributed by atoms with E-state index in [9.17, 15) is 9.59 Å². The SMILES string of the molecule is C=C.NC(=O)C=CC(=O)O. The van der Waals surface area contributed by atoms with Crippen LogP contribution >= 0.6 is 0 Å². The summed E-state index contributed by atoms with van der Waals surface area (Å²) in [6, 6.07) is 0. The topological polar surface area (TPSA) is 80.4 Å². The van der Waals surface area contributed by atoms with Crippen LogP contribution in [0.2, 0.25) is 0 Å². The van der Waals surface area contributed by atoms with Crippen LogP contribution in [0.5, 0.6) is 0 Å². The molecule has 0 spiro atoms. The van der Waals surface area contributed by atoms with Gasteiger partial charge in [-0.1, -0.05) is 0 Å². The standard InChI is InChI=1S/C4H5NO3.C2H4/c5-3(6)1-2-4(7)8;1-2/h1-2H,(H2,5,6)(H,7,8);1-2H2. The number of carboxylic acids is 1. The Balaban J connectivity index is 0. The van der Waals surface area contributed by atoms with Crippen molar-refractivity contribution in [3.05, 3.63) is 25.3 Å². The molecule has 10 heavy (non-hydrogen) atoms. The lowest BCUT2D eigenvalue weighted by atomic mass is 10.5. The lowest BCUT2D eigenvalue weighted by Gasteiger charge is -1.75. The molecule has 0 unspecified atom stereocenters. The van der Waals surface area contributed by atoms with Crippen LogP contribution in [0.3, 0.4) is 0 Å². The van der Waals surface area contributed by atoms with Crippen LogP contribution in [0.15, 0.2) is 25.3 Å². The van der Waals surface area contributed by atoms with E-state index in [2.05, 4.69) is 18.9 Å². The van der Waals surface area contributed by atoms with Crippen molar-refractivity contribution in [2.45, 2.75) is 0 Å². The minimum atomic E-state index is -1.18. The number of nitrogens with two attached hydrogens (primary N) is 1. The smallest absolute Gasteiger partial charge is 0.328 e. The fourth-order valence-electron chi connectivity index (χ4n) is 0.153. The van der Waals surface area contributed by atoms with Crippen LogP contribution in [0.1, 0.15) is 0 Å². The summed E-state index contributed by atoms with van der Waals surface area (Å²) in [5.74, 6) is -1.93. The third kappa shape index (κ3) is 16.1. The molecule has 0 aromatic carbocycles. The maximum absolute atomic E-state index is 9.78. The molecule has 4 heteroatoms. The molecule has 3 N–H and O–H groups in total. The molecule has 0 aromatic heterocycles. The summed E-state index contributed by atoms with van der Waals surface area (Å²) in [6.45, 7) is 6.00. The van der Waals surface area contributed by atoms with Gasteiger partial charge in [0.1, 0.15) is 0 Å². The van der Waals surface area contributed by atoms with E-state index >= 15 is 0 Å². The number of carbonyl (C=O) groups excluding carboxylic acids is 1. The second-order valence-electron chi connectivity index (χ2n) is 1.07. The first-order chi connectivity index (χ1) is 4.63. The summed E-state index contributed by atoms with van der Waals surface area (Å²) in [6.07, 6.45) is 1.46. The Hall–Kier alpha value is -1.58. The van der Waals surface area contributed by atoms with Crippen molar-refractivity contribution in [2.24, 2.45) is 5.73 Å². The van der Waals surface area contributed by atoms with Gasteiger partial charge in [-0.05, 0) is 0 Å². The third-order valence-electron chi connectivity index (χ3n) is 0.390. The van der Waals surface area contributed by atoms with Crippen molar-refractivity contribution in [1.29, 1.82) is 0 Å². The highest BCUT2D eigenvalue weighted by Crippen LogP contribution is 1.68. The van der Waals surface area contributed by atoms with Crippen molar-refractivity contribution in [2.75, 3.05) is 0 Å². The van der Waals surface area contributed by atoms with Crippen LogP contribution in [-0.2, 0) is 9.59 Å². The van der Waals surface area contributed by atoms with Crippen molar-refractivity contribution in [1.82, 2.24) is 0 Å². The Morgan fingerprint density at radius 3 is 1.80 bits per heavy atom. The molecule has 0 radical (unpaired) electrons. The number of carboxylic acid groups (broad SMARTS) is 1. The first-order valence-electron chi connectivity index (χ1n) is 2.33. The van der Waals surface area contributed by atoms with Gasteiger partial charge < -0.3 is 10.8 Å². The van der Waals surface area contributed by atoms with Gasteiger partial charge in [0.05, 0.1) is 0 Å². The minimum absolute atomic E-state index is 0.683. The maximum Gasteiger partial charge on any atom is 0.328 e. The molecule has 0 saturated heterocycles. The molecule has 0 aromatic rings. The van der Waals surface area contributed by atoms with Gasteiger partial charge >= 0.3 is 5.97 Å². The van der Waals surface area contributed by atoms with E-state index in [-0.39, 0.29) is 0 Å². The van der Waals surface area contributed by atoms with Crippen molar-refractivity contribution < 1.29 is 14.7 Å². The first kappa shape index (κ1) is 11.2. The monoisotopic (exact) mass is 143 g/mol. The predicted octanol–water partition coefficient (Wildman–Crippen LogP) is -0.0853. The largest absolute Gasteiger partial charge is 0.478 e. The Kier molecular flexibility index (Phi) is 8.35. The van der Waals surface area contributed by atoms with E-state index in [1.807, 2.05) is 0 Å². The Morgan fingerprint density at radius 2 is 1.70 bits per heavy atom. The lowest BCUT2D eigenvalue weighted by Crippen LogP contribution is -2.06.